The second-order valence-corrected chi connectivity index (χ2v) is 5.30. The van der Waals surface area contributed by atoms with Gasteiger partial charge in [-0.3, -0.25) is 4.79 Å². The van der Waals surface area contributed by atoms with E-state index < -0.39 is 0 Å². The molecule has 1 saturated carbocycles. The highest BCUT2D eigenvalue weighted by molar-refractivity contribution is 6.30. The fourth-order valence-electron chi connectivity index (χ4n) is 1.76. The summed E-state index contributed by atoms with van der Waals surface area (Å²) < 4.78 is 0. The van der Waals surface area contributed by atoms with Crippen molar-refractivity contribution in [2.24, 2.45) is 5.41 Å². The summed E-state index contributed by atoms with van der Waals surface area (Å²) in [7, 11) is 0. The molecule has 0 aliphatic heterocycles. The van der Waals surface area contributed by atoms with E-state index in [0.717, 1.165) is 19.3 Å². The Morgan fingerprint density at radius 3 is 2.76 bits per heavy atom. The van der Waals surface area contributed by atoms with Crippen molar-refractivity contribution < 1.29 is 4.79 Å². The van der Waals surface area contributed by atoms with Crippen LogP contribution in [0, 0.1) is 5.41 Å². The molecule has 0 bridgehead atoms. The summed E-state index contributed by atoms with van der Waals surface area (Å²) in [6, 6.07) is 3.29. The van der Waals surface area contributed by atoms with E-state index in [1.165, 1.54) is 6.20 Å². The van der Waals surface area contributed by atoms with Gasteiger partial charge < -0.3 is 5.32 Å². The van der Waals surface area contributed by atoms with Gasteiger partial charge in [0, 0.05) is 18.6 Å². The van der Waals surface area contributed by atoms with Crippen LogP contribution in [-0.2, 0) is 0 Å². The molecule has 0 aromatic carbocycles. The molecular weight excluding hydrogens is 259 g/mol. The molecular formula is C12H14Cl2N2O. The molecule has 92 valence electrons. The molecule has 1 aliphatic rings. The Hall–Kier alpha value is -0.800. The fraction of sp³-hybridized carbons (Fsp3) is 0.500. The number of carbonyl (C=O) groups excluding carboxylic acids is 1. The fourth-order valence-corrected chi connectivity index (χ4v) is 2.27. The monoisotopic (exact) mass is 272 g/mol. The zero-order valence-electron chi connectivity index (χ0n) is 9.38. The molecule has 1 amide bonds. The van der Waals surface area contributed by atoms with Crippen molar-refractivity contribution in [1.82, 2.24) is 10.3 Å². The third kappa shape index (κ3) is 3.33. The molecule has 2 rings (SSSR count). The average molecular weight is 273 g/mol. The van der Waals surface area contributed by atoms with E-state index in [0.29, 0.717) is 23.1 Å². The lowest BCUT2D eigenvalue weighted by Gasteiger charge is -2.13. The van der Waals surface area contributed by atoms with Crippen molar-refractivity contribution in [1.29, 1.82) is 0 Å². The molecule has 5 heteroatoms. The van der Waals surface area contributed by atoms with Gasteiger partial charge in [0.2, 0.25) is 0 Å². The summed E-state index contributed by atoms with van der Waals surface area (Å²) in [5.74, 6) is 0.497. The zero-order valence-corrected chi connectivity index (χ0v) is 10.9. The van der Waals surface area contributed by atoms with E-state index in [1.54, 1.807) is 12.1 Å². The van der Waals surface area contributed by atoms with Crippen molar-refractivity contribution in [3.05, 3.63) is 29.0 Å². The molecule has 0 saturated heterocycles. The number of nitrogens with zero attached hydrogens (tertiary/aromatic N) is 1. The van der Waals surface area contributed by atoms with Crippen LogP contribution in [0.15, 0.2) is 18.3 Å². The van der Waals surface area contributed by atoms with Crippen LogP contribution in [-0.4, -0.2) is 23.3 Å². The molecule has 1 heterocycles. The smallest absolute Gasteiger partial charge is 0.269 e. The first-order chi connectivity index (χ1) is 8.15. The summed E-state index contributed by atoms with van der Waals surface area (Å²) in [6.07, 6.45) is 4.73. The van der Waals surface area contributed by atoms with Crippen LogP contribution < -0.4 is 5.32 Å². The van der Waals surface area contributed by atoms with Gasteiger partial charge in [-0.1, -0.05) is 11.6 Å². The van der Waals surface area contributed by atoms with E-state index in [1.807, 2.05) is 0 Å². The first-order valence-corrected chi connectivity index (χ1v) is 6.52. The van der Waals surface area contributed by atoms with Crippen LogP contribution >= 0.6 is 23.2 Å². The van der Waals surface area contributed by atoms with Gasteiger partial charge in [-0.2, -0.15) is 0 Å². The third-order valence-corrected chi connectivity index (χ3v) is 3.58. The maximum absolute atomic E-state index is 11.8. The SMILES string of the molecule is O=C(NCC1(CCCl)CC1)c1ccc(Cl)cn1. The molecule has 1 aromatic heterocycles. The summed E-state index contributed by atoms with van der Waals surface area (Å²) in [6.45, 7) is 0.683. The second kappa shape index (κ2) is 5.23. The third-order valence-electron chi connectivity index (χ3n) is 3.17. The molecule has 17 heavy (non-hydrogen) atoms. The number of nitrogens with one attached hydrogen (secondary N) is 1. The largest absolute Gasteiger partial charge is 0.350 e. The van der Waals surface area contributed by atoms with Crippen molar-refractivity contribution in [2.75, 3.05) is 12.4 Å². The van der Waals surface area contributed by atoms with E-state index in [2.05, 4.69) is 10.3 Å². The zero-order chi connectivity index (χ0) is 12.3. The number of carbonyl (C=O) groups is 1. The number of rotatable bonds is 5. The number of halogens is 2. The van der Waals surface area contributed by atoms with Crippen LogP contribution in [0.5, 0.6) is 0 Å². The normalized spacial score (nSPS) is 16.6. The minimum atomic E-state index is -0.150. The molecule has 3 nitrogen and oxygen atoms in total. The van der Waals surface area contributed by atoms with Gasteiger partial charge in [0.25, 0.3) is 5.91 Å². The summed E-state index contributed by atoms with van der Waals surface area (Å²) >= 11 is 11.4. The Morgan fingerprint density at radius 2 is 2.24 bits per heavy atom. The highest BCUT2D eigenvalue weighted by Crippen LogP contribution is 2.48. The highest BCUT2D eigenvalue weighted by atomic mass is 35.5. The Labute approximate surface area is 111 Å². The average Bonchev–Trinajstić information content (AvgIpc) is 3.08. The van der Waals surface area contributed by atoms with Crippen LogP contribution in [0.1, 0.15) is 29.8 Å². The van der Waals surface area contributed by atoms with E-state index in [4.69, 9.17) is 23.2 Å². The highest BCUT2D eigenvalue weighted by Gasteiger charge is 2.41. The second-order valence-electron chi connectivity index (χ2n) is 4.48. The van der Waals surface area contributed by atoms with Gasteiger partial charge in [0.1, 0.15) is 5.69 Å². The molecule has 1 fully saturated rings. The minimum Gasteiger partial charge on any atom is -0.350 e. The van der Waals surface area contributed by atoms with E-state index >= 15 is 0 Å². The Bertz CT molecular complexity index is 401. The molecule has 1 aromatic rings. The van der Waals surface area contributed by atoms with Crippen molar-refractivity contribution in [2.45, 2.75) is 19.3 Å². The first-order valence-electron chi connectivity index (χ1n) is 5.61. The molecule has 0 spiro atoms. The van der Waals surface area contributed by atoms with Gasteiger partial charge in [-0.25, -0.2) is 4.98 Å². The quantitative estimate of drug-likeness (QED) is 0.838. The maximum atomic E-state index is 11.8. The number of pyridine rings is 1. The molecule has 1 N–H and O–H groups in total. The van der Waals surface area contributed by atoms with Crippen LogP contribution in [0.4, 0.5) is 0 Å². The summed E-state index contributed by atoms with van der Waals surface area (Å²) in [5, 5.41) is 3.43. The van der Waals surface area contributed by atoms with Crippen LogP contribution in [0.25, 0.3) is 0 Å². The molecule has 0 radical (unpaired) electrons. The number of hydrogen-bond acceptors (Lipinski definition) is 2. The number of alkyl halides is 1. The lowest BCUT2D eigenvalue weighted by Crippen LogP contribution is -2.31. The maximum Gasteiger partial charge on any atom is 0.269 e. The van der Waals surface area contributed by atoms with Gasteiger partial charge in [0.05, 0.1) is 5.02 Å². The van der Waals surface area contributed by atoms with Crippen LogP contribution in [0.2, 0.25) is 5.02 Å². The molecule has 0 atom stereocenters. The van der Waals surface area contributed by atoms with E-state index in [-0.39, 0.29) is 11.3 Å². The molecule has 1 aliphatic carbocycles. The topological polar surface area (TPSA) is 42.0 Å². The Morgan fingerprint density at radius 1 is 1.47 bits per heavy atom. The predicted octanol–water partition coefficient (Wildman–Crippen LogP) is 2.87. The molecule has 0 unspecified atom stereocenters. The first kappa shape index (κ1) is 12.7. The summed E-state index contributed by atoms with van der Waals surface area (Å²) in [5.41, 5.74) is 0.639. The lowest BCUT2D eigenvalue weighted by molar-refractivity contribution is 0.0939. The lowest BCUT2D eigenvalue weighted by atomic mass is 10.0. The van der Waals surface area contributed by atoms with E-state index in [9.17, 15) is 4.79 Å². The van der Waals surface area contributed by atoms with Gasteiger partial charge in [-0.05, 0) is 36.8 Å². The van der Waals surface area contributed by atoms with Crippen molar-refractivity contribution in [3.8, 4) is 0 Å². The summed E-state index contributed by atoms with van der Waals surface area (Å²) in [4.78, 5) is 15.8. The van der Waals surface area contributed by atoms with Gasteiger partial charge in [-0.15, -0.1) is 11.6 Å². The minimum absolute atomic E-state index is 0.150. The van der Waals surface area contributed by atoms with Crippen molar-refractivity contribution in [3.63, 3.8) is 0 Å². The Kier molecular flexibility index (Phi) is 3.89. The van der Waals surface area contributed by atoms with Crippen molar-refractivity contribution >= 4 is 29.1 Å². The standard InChI is InChI=1S/C12H14Cl2N2O/c13-6-5-12(3-4-12)8-16-11(17)10-2-1-9(14)7-15-10/h1-2,7H,3-6,8H2,(H,16,17). The van der Waals surface area contributed by atoms with Gasteiger partial charge >= 0.3 is 0 Å². The van der Waals surface area contributed by atoms with Crippen LogP contribution in [0.3, 0.4) is 0 Å². The number of aromatic nitrogens is 1. The van der Waals surface area contributed by atoms with Gasteiger partial charge in [0.15, 0.2) is 0 Å². The predicted molar refractivity (Wildman–Crippen MR) is 68.6 cm³/mol. The Balaban J connectivity index is 1.87. The number of hydrogen-bond donors (Lipinski definition) is 1. The number of amides is 1.